The summed E-state index contributed by atoms with van der Waals surface area (Å²) in [6.07, 6.45) is 0. The summed E-state index contributed by atoms with van der Waals surface area (Å²) in [5.74, 6) is 1.96. The first kappa shape index (κ1) is 31.0. The molecule has 244 valence electrons. The number of hydrogen-bond acceptors (Lipinski definition) is 3. The van der Waals surface area contributed by atoms with E-state index in [4.69, 9.17) is 15.0 Å². The molecule has 0 aliphatic heterocycles. The van der Waals surface area contributed by atoms with Crippen LogP contribution in [0.4, 0.5) is 0 Å². The van der Waals surface area contributed by atoms with Crippen molar-refractivity contribution in [3.63, 3.8) is 0 Å². The van der Waals surface area contributed by atoms with Crippen molar-refractivity contribution in [2.75, 3.05) is 0 Å². The molecule has 0 saturated heterocycles. The van der Waals surface area contributed by atoms with Gasteiger partial charge in [0.2, 0.25) is 0 Å². The second kappa shape index (κ2) is 13.7. The largest absolute Gasteiger partial charge is 0.208 e. The highest BCUT2D eigenvalue weighted by molar-refractivity contribution is 6.04. The van der Waals surface area contributed by atoms with Crippen LogP contribution in [0.2, 0.25) is 0 Å². The van der Waals surface area contributed by atoms with E-state index in [1.807, 2.05) is 60.7 Å². The zero-order valence-corrected chi connectivity index (χ0v) is 28.4. The van der Waals surface area contributed by atoms with Crippen LogP contribution in [0.3, 0.4) is 0 Å². The summed E-state index contributed by atoms with van der Waals surface area (Å²) in [5.41, 5.74) is 12.4. The van der Waals surface area contributed by atoms with Crippen molar-refractivity contribution in [1.82, 2.24) is 15.0 Å². The molecule has 3 nitrogen and oxygen atoms in total. The van der Waals surface area contributed by atoms with Crippen LogP contribution in [-0.2, 0) is 0 Å². The number of benzene rings is 8. The molecule has 9 rings (SSSR count). The van der Waals surface area contributed by atoms with Gasteiger partial charge in [-0.2, -0.15) is 0 Å². The van der Waals surface area contributed by atoms with Crippen molar-refractivity contribution in [3.05, 3.63) is 200 Å². The molecule has 0 radical (unpaired) electrons. The van der Waals surface area contributed by atoms with Gasteiger partial charge in [-0.3, -0.25) is 0 Å². The fourth-order valence-electron chi connectivity index (χ4n) is 6.97. The van der Waals surface area contributed by atoms with Gasteiger partial charge in [-0.15, -0.1) is 0 Å². The molecule has 0 aliphatic carbocycles. The van der Waals surface area contributed by atoms with Crippen molar-refractivity contribution < 1.29 is 0 Å². The van der Waals surface area contributed by atoms with Gasteiger partial charge in [0.15, 0.2) is 17.5 Å². The molecule has 8 aromatic carbocycles. The molecule has 0 bridgehead atoms. The summed E-state index contributed by atoms with van der Waals surface area (Å²) in [7, 11) is 0. The van der Waals surface area contributed by atoms with Gasteiger partial charge in [0.25, 0.3) is 0 Å². The quantitative estimate of drug-likeness (QED) is 0.170. The Kier molecular flexibility index (Phi) is 8.20. The van der Waals surface area contributed by atoms with Gasteiger partial charge < -0.3 is 0 Å². The van der Waals surface area contributed by atoms with E-state index in [1.165, 1.54) is 33.4 Å². The first-order chi connectivity index (χ1) is 25.8. The Hall–Kier alpha value is -6.97. The summed E-state index contributed by atoms with van der Waals surface area (Å²) >= 11 is 0. The highest BCUT2D eigenvalue weighted by Gasteiger charge is 2.17. The maximum Gasteiger partial charge on any atom is 0.164 e. The summed E-state index contributed by atoms with van der Waals surface area (Å²) in [6, 6.07) is 70.1. The Bertz CT molecular complexity index is 2580. The zero-order valence-electron chi connectivity index (χ0n) is 28.4. The molecule has 1 aromatic heterocycles. The Morgan fingerprint density at radius 3 is 1.13 bits per heavy atom. The van der Waals surface area contributed by atoms with Crippen LogP contribution in [-0.4, -0.2) is 15.0 Å². The molecule has 0 aliphatic rings. The topological polar surface area (TPSA) is 38.7 Å². The predicted molar refractivity (Wildman–Crippen MR) is 215 cm³/mol. The number of rotatable bonds is 7. The van der Waals surface area contributed by atoms with Crippen molar-refractivity contribution in [2.24, 2.45) is 0 Å². The monoisotopic (exact) mass is 663 g/mol. The molecule has 0 spiro atoms. The third-order valence-corrected chi connectivity index (χ3v) is 9.58. The lowest BCUT2D eigenvalue weighted by molar-refractivity contribution is 1.08. The summed E-state index contributed by atoms with van der Waals surface area (Å²) in [6.45, 7) is 0. The van der Waals surface area contributed by atoms with Crippen LogP contribution in [0.5, 0.6) is 0 Å². The lowest BCUT2D eigenvalue weighted by Crippen LogP contribution is -2.00. The van der Waals surface area contributed by atoms with Crippen LogP contribution < -0.4 is 0 Å². The van der Waals surface area contributed by atoms with Gasteiger partial charge in [-0.25, -0.2) is 15.0 Å². The molecule has 0 unspecified atom stereocenters. The van der Waals surface area contributed by atoms with Crippen LogP contribution in [0.15, 0.2) is 200 Å². The summed E-state index contributed by atoms with van der Waals surface area (Å²) in [5, 5.41) is 2.24. The van der Waals surface area contributed by atoms with Crippen molar-refractivity contribution in [3.8, 4) is 78.7 Å². The zero-order chi connectivity index (χ0) is 34.7. The average molecular weight is 664 g/mol. The van der Waals surface area contributed by atoms with Crippen LogP contribution in [0.25, 0.3) is 89.4 Å². The first-order valence-electron chi connectivity index (χ1n) is 17.5. The van der Waals surface area contributed by atoms with E-state index < -0.39 is 0 Å². The van der Waals surface area contributed by atoms with Crippen molar-refractivity contribution in [1.29, 1.82) is 0 Å². The normalized spacial score (nSPS) is 11.1. The van der Waals surface area contributed by atoms with Crippen molar-refractivity contribution >= 4 is 10.8 Å². The predicted octanol–water partition coefficient (Wildman–Crippen LogP) is 12.7. The molecule has 3 heteroatoms. The third-order valence-electron chi connectivity index (χ3n) is 9.58. The van der Waals surface area contributed by atoms with Gasteiger partial charge in [0, 0.05) is 16.7 Å². The first-order valence-corrected chi connectivity index (χ1v) is 17.5. The second-order valence-corrected chi connectivity index (χ2v) is 12.8. The molecule has 1 heterocycles. The van der Waals surface area contributed by atoms with E-state index in [0.717, 1.165) is 38.6 Å². The highest BCUT2D eigenvalue weighted by Crippen LogP contribution is 2.39. The van der Waals surface area contributed by atoms with E-state index in [1.54, 1.807) is 0 Å². The molecule has 0 N–H and O–H groups in total. The summed E-state index contributed by atoms with van der Waals surface area (Å²) in [4.78, 5) is 15.0. The van der Waals surface area contributed by atoms with E-state index in [0.29, 0.717) is 17.5 Å². The van der Waals surface area contributed by atoms with Crippen LogP contribution in [0.1, 0.15) is 0 Å². The van der Waals surface area contributed by atoms with E-state index in [9.17, 15) is 0 Å². The molecule has 0 saturated carbocycles. The minimum atomic E-state index is 0.651. The molecule has 52 heavy (non-hydrogen) atoms. The highest BCUT2D eigenvalue weighted by atomic mass is 15.0. The van der Waals surface area contributed by atoms with Gasteiger partial charge in [0.1, 0.15) is 0 Å². The van der Waals surface area contributed by atoms with Gasteiger partial charge >= 0.3 is 0 Å². The number of nitrogens with zero attached hydrogens (tertiary/aromatic N) is 3. The van der Waals surface area contributed by atoms with Gasteiger partial charge in [-0.1, -0.05) is 188 Å². The SMILES string of the molecule is c1ccc(-c2ccc(-c3ccc(-c4ccc(-c5nc(-c6ccccc6)nc(-c6ccccc6)n5)c5ccccc45)cc3)c(-c3ccccc3)c2)cc1. The number of hydrogen-bond donors (Lipinski definition) is 0. The molecule has 0 amide bonds. The molecule has 0 atom stereocenters. The third kappa shape index (κ3) is 6.06. The maximum absolute atomic E-state index is 5.03. The van der Waals surface area contributed by atoms with Crippen molar-refractivity contribution in [2.45, 2.75) is 0 Å². The van der Waals surface area contributed by atoms with E-state index in [2.05, 4.69) is 140 Å². The minimum Gasteiger partial charge on any atom is -0.208 e. The molecule has 0 fully saturated rings. The smallest absolute Gasteiger partial charge is 0.164 e. The average Bonchev–Trinajstić information content (AvgIpc) is 3.24. The Balaban J connectivity index is 1.13. The molecular weight excluding hydrogens is 631 g/mol. The standard InChI is InChI=1S/C49H33N3/c1-5-15-34(16-6-1)40-29-30-42(46(33-40)35-17-7-2-8-18-35)37-27-25-36(26-28-37)41-31-32-45(44-24-14-13-23-43(41)44)49-51-47(38-19-9-3-10-20-38)50-48(52-49)39-21-11-4-12-22-39/h1-33H. The Labute approximate surface area is 303 Å². The molecular formula is C49H33N3. The van der Waals surface area contributed by atoms with Gasteiger partial charge in [-0.05, 0) is 67.4 Å². The minimum absolute atomic E-state index is 0.651. The van der Waals surface area contributed by atoms with Crippen LogP contribution in [0, 0.1) is 0 Å². The fraction of sp³-hybridized carbons (Fsp3) is 0. The number of fused-ring (bicyclic) bond motifs is 1. The number of aromatic nitrogens is 3. The fourth-order valence-corrected chi connectivity index (χ4v) is 6.97. The second-order valence-electron chi connectivity index (χ2n) is 12.8. The lowest BCUT2D eigenvalue weighted by Gasteiger charge is -2.15. The maximum atomic E-state index is 5.03. The van der Waals surface area contributed by atoms with E-state index >= 15 is 0 Å². The summed E-state index contributed by atoms with van der Waals surface area (Å²) < 4.78 is 0. The Morgan fingerprint density at radius 1 is 0.212 bits per heavy atom. The van der Waals surface area contributed by atoms with E-state index in [-0.39, 0.29) is 0 Å². The van der Waals surface area contributed by atoms with Crippen LogP contribution >= 0.6 is 0 Å². The lowest BCUT2D eigenvalue weighted by atomic mass is 9.89. The van der Waals surface area contributed by atoms with Gasteiger partial charge in [0.05, 0.1) is 0 Å². The Morgan fingerprint density at radius 2 is 0.577 bits per heavy atom. The molecule has 9 aromatic rings.